The molecular formula is C23H33IN6. The van der Waals surface area contributed by atoms with E-state index in [4.69, 9.17) is 0 Å². The van der Waals surface area contributed by atoms with Crippen LogP contribution in [-0.2, 0) is 6.54 Å². The zero-order chi connectivity index (χ0) is 19.9. The Morgan fingerprint density at radius 1 is 1.07 bits per heavy atom. The second-order valence-corrected chi connectivity index (χ2v) is 7.91. The Morgan fingerprint density at radius 2 is 1.87 bits per heavy atom. The molecule has 30 heavy (non-hydrogen) atoms. The van der Waals surface area contributed by atoms with Gasteiger partial charge in [-0.15, -0.1) is 24.0 Å². The summed E-state index contributed by atoms with van der Waals surface area (Å²) in [6, 6.07) is 15.3. The fourth-order valence-corrected chi connectivity index (χ4v) is 4.19. The van der Waals surface area contributed by atoms with Crippen molar-refractivity contribution in [2.24, 2.45) is 4.99 Å². The standard InChI is InChI=1S/C23H32N6.HI/c1-24-23(27-20-11-15-29(18-20)21-8-4-2-5-9-21)26-17-19-10-12-25-22(16-19)28-13-6-3-7-14-28;/h2,4-5,8-10,12,16,20H,3,6-7,11,13-15,17-18H2,1H3,(H2,24,26,27);1H. The number of piperidine rings is 1. The van der Waals surface area contributed by atoms with E-state index in [0.29, 0.717) is 6.04 Å². The Labute approximate surface area is 197 Å². The lowest BCUT2D eigenvalue weighted by Gasteiger charge is -2.28. The van der Waals surface area contributed by atoms with Gasteiger partial charge in [-0.1, -0.05) is 18.2 Å². The number of aliphatic imine (C=N–C) groups is 1. The van der Waals surface area contributed by atoms with Gasteiger partial charge in [-0.05, 0) is 55.5 Å². The summed E-state index contributed by atoms with van der Waals surface area (Å²) >= 11 is 0. The van der Waals surface area contributed by atoms with Crippen LogP contribution in [0.4, 0.5) is 11.5 Å². The third-order valence-corrected chi connectivity index (χ3v) is 5.82. The van der Waals surface area contributed by atoms with Crippen LogP contribution in [0.2, 0.25) is 0 Å². The predicted octanol–water partition coefficient (Wildman–Crippen LogP) is 3.63. The van der Waals surface area contributed by atoms with Crippen molar-refractivity contribution in [3.63, 3.8) is 0 Å². The summed E-state index contributed by atoms with van der Waals surface area (Å²) in [5, 5.41) is 7.06. The highest BCUT2D eigenvalue weighted by Crippen LogP contribution is 2.20. The van der Waals surface area contributed by atoms with Gasteiger partial charge < -0.3 is 20.4 Å². The highest BCUT2D eigenvalue weighted by Gasteiger charge is 2.23. The van der Waals surface area contributed by atoms with Gasteiger partial charge in [0.25, 0.3) is 0 Å². The summed E-state index contributed by atoms with van der Waals surface area (Å²) in [5.41, 5.74) is 2.53. The van der Waals surface area contributed by atoms with Crippen molar-refractivity contribution in [3.8, 4) is 0 Å². The van der Waals surface area contributed by atoms with Crippen LogP contribution < -0.4 is 20.4 Å². The highest BCUT2D eigenvalue weighted by atomic mass is 127. The molecule has 1 unspecified atom stereocenters. The molecule has 2 N–H and O–H groups in total. The molecule has 0 aliphatic carbocycles. The summed E-state index contributed by atoms with van der Waals surface area (Å²) in [6.45, 7) is 5.05. The average Bonchev–Trinajstić information content (AvgIpc) is 3.26. The summed E-state index contributed by atoms with van der Waals surface area (Å²) in [5.74, 6) is 1.96. The minimum absolute atomic E-state index is 0. The molecule has 1 aromatic heterocycles. The second kappa shape index (κ2) is 11.4. The van der Waals surface area contributed by atoms with Crippen LogP contribution in [0.25, 0.3) is 0 Å². The summed E-state index contributed by atoms with van der Waals surface area (Å²) in [7, 11) is 1.84. The molecule has 2 aliphatic heterocycles. The lowest BCUT2D eigenvalue weighted by molar-refractivity contribution is 0.573. The first-order valence-corrected chi connectivity index (χ1v) is 10.8. The number of nitrogens with one attached hydrogen (secondary N) is 2. The molecule has 7 heteroatoms. The van der Waals surface area contributed by atoms with Gasteiger partial charge in [0, 0.05) is 57.7 Å². The third kappa shape index (κ3) is 6.00. The molecule has 1 aromatic carbocycles. The highest BCUT2D eigenvalue weighted by molar-refractivity contribution is 14.0. The normalized spacial score (nSPS) is 19.4. The fourth-order valence-electron chi connectivity index (χ4n) is 4.19. The predicted molar refractivity (Wildman–Crippen MR) is 136 cm³/mol. The van der Waals surface area contributed by atoms with Crippen LogP contribution in [0.3, 0.4) is 0 Å². The molecule has 0 bridgehead atoms. The van der Waals surface area contributed by atoms with E-state index in [2.05, 4.69) is 72.9 Å². The van der Waals surface area contributed by atoms with Crippen LogP contribution in [-0.4, -0.2) is 50.2 Å². The molecule has 1 atom stereocenters. The SMILES string of the molecule is CN=C(NCc1ccnc(N2CCCCC2)c1)NC1CCN(c2ccccc2)C1.I. The number of benzene rings is 1. The van der Waals surface area contributed by atoms with Crippen LogP contribution in [0, 0.1) is 0 Å². The van der Waals surface area contributed by atoms with E-state index in [1.165, 1.54) is 30.5 Å². The number of para-hydroxylation sites is 1. The number of anilines is 2. The largest absolute Gasteiger partial charge is 0.369 e. The Bertz CT molecular complexity index is 806. The van der Waals surface area contributed by atoms with Crippen LogP contribution >= 0.6 is 24.0 Å². The van der Waals surface area contributed by atoms with Gasteiger partial charge in [0.1, 0.15) is 5.82 Å². The monoisotopic (exact) mass is 520 g/mol. The first-order valence-electron chi connectivity index (χ1n) is 10.8. The molecule has 6 nitrogen and oxygen atoms in total. The molecule has 0 spiro atoms. The van der Waals surface area contributed by atoms with Crippen molar-refractivity contribution in [3.05, 3.63) is 54.2 Å². The zero-order valence-corrected chi connectivity index (χ0v) is 20.1. The average molecular weight is 520 g/mol. The maximum Gasteiger partial charge on any atom is 0.191 e. The van der Waals surface area contributed by atoms with Gasteiger partial charge in [-0.3, -0.25) is 4.99 Å². The Hall–Kier alpha value is -2.03. The maximum atomic E-state index is 4.58. The van der Waals surface area contributed by atoms with Crippen LogP contribution in [0.5, 0.6) is 0 Å². The lowest BCUT2D eigenvalue weighted by atomic mass is 10.1. The van der Waals surface area contributed by atoms with E-state index < -0.39 is 0 Å². The molecule has 2 aromatic rings. The molecule has 2 saturated heterocycles. The number of aromatic nitrogens is 1. The number of nitrogens with zero attached hydrogens (tertiary/aromatic N) is 4. The number of rotatable bonds is 5. The van der Waals surface area contributed by atoms with Crippen LogP contribution in [0.1, 0.15) is 31.2 Å². The number of pyridine rings is 1. The van der Waals surface area contributed by atoms with Crippen molar-refractivity contribution in [2.75, 3.05) is 43.0 Å². The number of halogens is 1. The number of hydrogen-bond donors (Lipinski definition) is 2. The van der Waals surface area contributed by atoms with Gasteiger partial charge in [-0.25, -0.2) is 4.98 Å². The van der Waals surface area contributed by atoms with Gasteiger partial charge in [0.2, 0.25) is 0 Å². The molecule has 0 saturated carbocycles. The number of guanidine groups is 1. The van der Waals surface area contributed by atoms with Crippen molar-refractivity contribution >= 4 is 41.4 Å². The zero-order valence-electron chi connectivity index (χ0n) is 17.8. The first kappa shape index (κ1) is 22.7. The van der Waals surface area contributed by atoms with E-state index >= 15 is 0 Å². The van der Waals surface area contributed by atoms with Crippen molar-refractivity contribution < 1.29 is 0 Å². The quantitative estimate of drug-likeness (QED) is 0.359. The minimum Gasteiger partial charge on any atom is -0.369 e. The molecule has 0 amide bonds. The van der Waals surface area contributed by atoms with E-state index in [0.717, 1.165) is 50.9 Å². The Morgan fingerprint density at radius 3 is 2.63 bits per heavy atom. The van der Waals surface area contributed by atoms with Crippen molar-refractivity contribution in [1.82, 2.24) is 15.6 Å². The fraction of sp³-hybridized carbons (Fsp3) is 0.478. The van der Waals surface area contributed by atoms with Crippen molar-refractivity contribution in [1.29, 1.82) is 0 Å². The van der Waals surface area contributed by atoms with Gasteiger partial charge in [0.05, 0.1) is 0 Å². The maximum absolute atomic E-state index is 4.58. The molecule has 3 heterocycles. The van der Waals surface area contributed by atoms with Gasteiger partial charge in [-0.2, -0.15) is 0 Å². The Kier molecular flexibility index (Phi) is 8.60. The van der Waals surface area contributed by atoms with E-state index in [-0.39, 0.29) is 24.0 Å². The lowest BCUT2D eigenvalue weighted by Crippen LogP contribution is -2.44. The molecule has 162 valence electrons. The van der Waals surface area contributed by atoms with Crippen LogP contribution in [0.15, 0.2) is 53.7 Å². The molecule has 4 rings (SSSR count). The molecule has 2 fully saturated rings. The van der Waals surface area contributed by atoms with Gasteiger partial charge >= 0.3 is 0 Å². The summed E-state index contributed by atoms with van der Waals surface area (Å²) in [6.07, 6.45) is 6.91. The minimum atomic E-state index is 0. The number of hydrogen-bond acceptors (Lipinski definition) is 4. The van der Waals surface area contributed by atoms with Crippen molar-refractivity contribution in [2.45, 2.75) is 38.3 Å². The third-order valence-electron chi connectivity index (χ3n) is 5.82. The topological polar surface area (TPSA) is 55.8 Å². The second-order valence-electron chi connectivity index (χ2n) is 7.91. The molecule has 0 radical (unpaired) electrons. The summed E-state index contributed by atoms with van der Waals surface area (Å²) in [4.78, 5) is 13.8. The summed E-state index contributed by atoms with van der Waals surface area (Å²) < 4.78 is 0. The first-order chi connectivity index (χ1) is 14.3. The molecular weight excluding hydrogens is 487 g/mol. The Balaban J connectivity index is 0.00000256. The van der Waals surface area contributed by atoms with E-state index in [9.17, 15) is 0 Å². The van der Waals surface area contributed by atoms with E-state index in [1.807, 2.05) is 13.2 Å². The molecule has 2 aliphatic rings. The van der Waals surface area contributed by atoms with E-state index in [1.54, 1.807) is 0 Å². The smallest absolute Gasteiger partial charge is 0.191 e. The van der Waals surface area contributed by atoms with Gasteiger partial charge in [0.15, 0.2) is 5.96 Å².